The highest BCUT2D eigenvalue weighted by Gasteiger charge is 2.29. The molecule has 2 aromatic rings. The molecule has 5 nitrogen and oxygen atoms in total. The molecule has 0 aliphatic heterocycles. The predicted octanol–water partition coefficient (Wildman–Crippen LogP) is 3.92. The molecule has 0 radical (unpaired) electrons. The van der Waals surface area contributed by atoms with Gasteiger partial charge in [-0.2, -0.15) is 18.3 Å². The minimum atomic E-state index is -4.35. The lowest BCUT2D eigenvalue weighted by Gasteiger charge is -2.19. The van der Waals surface area contributed by atoms with Crippen LogP contribution in [0.3, 0.4) is 0 Å². The molecule has 0 aromatic carbocycles. The zero-order valence-electron chi connectivity index (χ0n) is 12.6. The summed E-state index contributed by atoms with van der Waals surface area (Å²) in [5.74, 6) is -0.783. The van der Waals surface area contributed by atoms with Gasteiger partial charge in [0.25, 0.3) is 0 Å². The molecule has 0 spiro atoms. The molecule has 2 rings (SSSR count). The molecule has 1 amide bonds. The van der Waals surface area contributed by atoms with E-state index in [9.17, 15) is 18.0 Å². The summed E-state index contributed by atoms with van der Waals surface area (Å²) in [6.07, 6.45) is 4.49. The fraction of sp³-hybridized carbons (Fsp3) is 0.357. The van der Waals surface area contributed by atoms with Crippen LogP contribution in [0, 0.1) is 0 Å². The van der Waals surface area contributed by atoms with Crippen molar-refractivity contribution in [2.45, 2.75) is 18.9 Å². The Labute approximate surface area is 145 Å². The third-order valence-electron chi connectivity index (χ3n) is 3.05. The maximum absolute atomic E-state index is 12.2. The van der Waals surface area contributed by atoms with Crippen molar-refractivity contribution in [3.8, 4) is 5.69 Å². The first kappa shape index (κ1) is 18.6. The number of hydrogen-bond donors (Lipinski definition) is 0. The molecule has 2 heterocycles. The van der Waals surface area contributed by atoms with E-state index in [2.05, 4.69) is 10.1 Å². The third-order valence-corrected chi connectivity index (χ3v) is 4.06. The van der Waals surface area contributed by atoms with Gasteiger partial charge in [-0.1, -0.05) is 23.4 Å². The highest BCUT2D eigenvalue weighted by atomic mass is 35.5. The lowest BCUT2D eigenvalue weighted by molar-refractivity contribution is -0.118. The Morgan fingerprint density at radius 3 is 2.79 bits per heavy atom. The Morgan fingerprint density at radius 2 is 2.21 bits per heavy atom. The highest BCUT2D eigenvalue weighted by molar-refractivity contribution is 8.00. The summed E-state index contributed by atoms with van der Waals surface area (Å²) in [5, 5.41) is 4.21. The lowest BCUT2D eigenvalue weighted by Crippen LogP contribution is -2.31. The monoisotopic (exact) mass is 378 g/mol. The van der Waals surface area contributed by atoms with Crippen LogP contribution in [0.15, 0.2) is 30.7 Å². The van der Waals surface area contributed by atoms with Crippen molar-refractivity contribution in [2.75, 3.05) is 17.2 Å². The van der Waals surface area contributed by atoms with Crippen molar-refractivity contribution in [2.24, 2.45) is 0 Å². The second-order valence-electron chi connectivity index (χ2n) is 4.64. The van der Waals surface area contributed by atoms with Gasteiger partial charge in [0.05, 0.1) is 18.1 Å². The van der Waals surface area contributed by atoms with Crippen LogP contribution in [-0.4, -0.2) is 38.5 Å². The molecule has 0 aliphatic rings. The Bertz CT molecular complexity index is 693. The molecule has 0 saturated carbocycles. The largest absolute Gasteiger partial charge is 0.441 e. The zero-order valence-corrected chi connectivity index (χ0v) is 14.2. The summed E-state index contributed by atoms with van der Waals surface area (Å²) >= 11 is 5.87. The van der Waals surface area contributed by atoms with Gasteiger partial charge < -0.3 is 4.90 Å². The number of aromatic nitrogens is 3. The van der Waals surface area contributed by atoms with Crippen LogP contribution in [0.5, 0.6) is 0 Å². The number of alkyl halides is 3. The average Bonchev–Trinajstić information content (AvgIpc) is 2.90. The number of pyridine rings is 1. The minimum absolute atomic E-state index is 0.0949. The van der Waals surface area contributed by atoms with Crippen LogP contribution in [0.4, 0.5) is 18.9 Å². The standard InChI is InChI=1S/C14H14ClF3N4OS/c1-2-21(12(23)5-7-24-14(16,17)18)11-9-22(20-13(11)15)10-4-3-6-19-8-10/h3-4,6,8-9H,2,5,7H2,1H3. The second-order valence-corrected chi connectivity index (χ2v) is 6.16. The maximum Gasteiger partial charge on any atom is 0.441 e. The molecule has 0 unspecified atom stereocenters. The highest BCUT2D eigenvalue weighted by Crippen LogP contribution is 2.31. The molecule has 10 heteroatoms. The lowest BCUT2D eigenvalue weighted by atomic mass is 10.3. The van der Waals surface area contributed by atoms with Crippen LogP contribution in [-0.2, 0) is 4.79 Å². The van der Waals surface area contributed by atoms with Gasteiger partial charge >= 0.3 is 5.51 Å². The van der Waals surface area contributed by atoms with Crippen molar-refractivity contribution in [3.05, 3.63) is 35.9 Å². The van der Waals surface area contributed by atoms with Crippen molar-refractivity contribution in [1.29, 1.82) is 0 Å². The number of thioether (sulfide) groups is 1. The molecule has 24 heavy (non-hydrogen) atoms. The molecule has 0 fully saturated rings. The van der Waals surface area contributed by atoms with Crippen molar-refractivity contribution in [3.63, 3.8) is 0 Å². The molecule has 0 bridgehead atoms. The smallest absolute Gasteiger partial charge is 0.308 e. The van der Waals surface area contributed by atoms with Crippen LogP contribution < -0.4 is 4.90 Å². The van der Waals surface area contributed by atoms with E-state index in [1.165, 1.54) is 9.58 Å². The van der Waals surface area contributed by atoms with Crippen molar-refractivity contribution < 1.29 is 18.0 Å². The number of carbonyl (C=O) groups excluding carboxylic acids is 1. The Kier molecular flexibility index (Phi) is 6.11. The van der Waals surface area contributed by atoms with Gasteiger partial charge in [0.1, 0.15) is 5.69 Å². The number of rotatable bonds is 6. The summed E-state index contributed by atoms with van der Waals surface area (Å²) in [7, 11) is 0. The summed E-state index contributed by atoms with van der Waals surface area (Å²) in [5.41, 5.74) is -3.34. The van der Waals surface area contributed by atoms with Gasteiger partial charge in [-0.25, -0.2) is 4.68 Å². The molecule has 0 atom stereocenters. The van der Waals surface area contributed by atoms with Crippen LogP contribution in [0.25, 0.3) is 5.69 Å². The number of anilines is 1. The van der Waals surface area contributed by atoms with Crippen LogP contribution >= 0.6 is 23.4 Å². The van der Waals surface area contributed by atoms with E-state index in [-0.39, 0.29) is 35.6 Å². The van der Waals surface area contributed by atoms with Gasteiger partial charge in [0.2, 0.25) is 5.91 Å². The quantitative estimate of drug-likeness (QED) is 0.764. The van der Waals surface area contributed by atoms with E-state index < -0.39 is 11.4 Å². The second kappa shape index (κ2) is 7.89. The number of halogens is 4. The Morgan fingerprint density at radius 1 is 1.46 bits per heavy atom. The van der Waals surface area contributed by atoms with Crippen molar-refractivity contribution >= 4 is 35.0 Å². The Balaban J connectivity index is 2.13. The zero-order chi connectivity index (χ0) is 17.7. The molecular weight excluding hydrogens is 365 g/mol. The minimum Gasteiger partial charge on any atom is -0.308 e. The van der Waals surface area contributed by atoms with E-state index in [1.807, 2.05) is 0 Å². The summed E-state index contributed by atoms with van der Waals surface area (Å²) in [4.78, 5) is 17.5. The fourth-order valence-corrected chi connectivity index (χ4v) is 2.76. The first-order valence-electron chi connectivity index (χ1n) is 6.98. The molecule has 0 saturated heterocycles. The predicted molar refractivity (Wildman–Crippen MR) is 87.5 cm³/mol. The van der Waals surface area contributed by atoms with Gasteiger partial charge in [0.15, 0.2) is 5.15 Å². The number of nitrogens with zero attached hydrogens (tertiary/aromatic N) is 4. The first-order chi connectivity index (χ1) is 11.3. The van der Waals surface area contributed by atoms with Gasteiger partial charge in [-0.3, -0.25) is 9.78 Å². The van der Waals surface area contributed by atoms with E-state index in [0.717, 1.165) is 0 Å². The number of amides is 1. The number of carbonyl (C=O) groups is 1. The topological polar surface area (TPSA) is 51.0 Å². The van der Waals surface area contributed by atoms with Gasteiger partial charge in [-0.05, 0) is 19.1 Å². The molecule has 2 aromatic heterocycles. The maximum atomic E-state index is 12.2. The van der Waals surface area contributed by atoms with E-state index in [1.54, 1.807) is 37.6 Å². The number of hydrogen-bond acceptors (Lipinski definition) is 4. The molecule has 130 valence electrons. The fourth-order valence-electron chi connectivity index (χ4n) is 2.02. The Hall–Kier alpha value is -1.74. The molecular formula is C14H14ClF3N4OS. The SMILES string of the molecule is CCN(C(=O)CCSC(F)(F)F)c1cn(-c2cccnc2)nc1Cl. The van der Waals surface area contributed by atoms with Crippen LogP contribution in [0.1, 0.15) is 13.3 Å². The van der Waals surface area contributed by atoms with Gasteiger partial charge in [-0.15, -0.1) is 0 Å². The van der Waals surface area contributed by atoms with E-state index >= 15 is 0 Å². The summed E-state index contributed by atoms with van der Waals surface area (Å²) in [6.45, 7) is 1.99. The van der Waals surface area contributed by atoms with Crippen molar-refractivity contribution in [1.82, 2.24) is 14.8 Å². The molecule has 0 N–H and O–H groups in total. The van der Waals surface area contributed by atoms with E-state index in [4.69, 9.17) is 11.6 Å². The summed E-state index contributed by atoms with van der Waals surface area (Å²) in [6, 6.07) is 3.49. The normalized spacial score (nSPS) is 11.5. The third kappa shape index (κ3) is 4.88. The molecule has 0 aliphatic carbocycles. The van der Waals surface area contributed by atoms with Crippen LogP contribution in [0.2, 0.25) is 5.15 Å². The van der Waals surface area contributed by atoms with E-state index in [0.29, 0.717) is 11.4 Å². The summed E-state index contributed by atoms with van der Waals surface area (Å²) < 4.78 is 38.0. The van der Waals surface area contributed by atoms with Gasteiger partial charge in [0, 0.05) is 24.9 Å². The first-order valence-corrected chi connectivity index (χ1v) is 8.35. The average molecular weight is 379 g/mol.